The van der Waals surface area contributed by atoms with Crippen molar-refractivity contribution in [2.75, 3.05) is 13.1 Å². The smallest absolute Gasteiger partial charge is 0.410 e. The largest absolute Gasteiger partial charge is 0.444 e. The molecule has 1 fully saturated rings. The number of hydrogen-bond donors (Lipinski definition) is 0. The van der Waals surface area contributed by atoms with Gasteiger partial charge in [-0.05, 0) is 76.0 Å². The van der Waals surface area contributed by atoms with Gasteiger partial charge >= 0.3 is 6.09 Å². The topological polar surface area (TPSA) is 29.5 Å². The van der Waals surface area contributed by atoms with Crippen molar-refractivity contribution in [2.24, 2.45) is 0 Å². The van der Waals surface area contributed by atoms with E-state index in [1.807, 2.05) is 25.7 Å². The molecule has 1 aromatic carbocycles. The summed E-state index contributed by atoms with van der Waals surface area (Å²) in [5.41, 5.74) is 5.50. The van der Waals surface area contributed by atoms with E-state index in [4.69, 9.17) is 4.74 Å². The van der Waals surface area contributed by atoms with Crippen molar-refractivity contribution < 1.29 is 9.53 Å². The Labute approximate surface area is 145 Å². The molecular weight excluding hydrogens is 298 g/mol. The molecule has 0 aromatic heterocycles. The number of hydrogen-bond acceptors (Lipinski definition) is 2. The third-order valence-corrected chi connectivity index (χ3v) is 4.85. The van der Waals surface area contributed by atoms with Crippen LogP contribution in [0.3, 0.4) is 0 Å². The second kappa shape index (κ2) is 7.00. The number of nitrogens with zero attached hydrogens (tertiary/aromatic N) is 1. The van der Waals surface area contributed by atoms with E-state index in [0.29, 0.717) is 0 Å². The second-order valence-electron chi connectivity index (χ2n) is 7.96. The Morgan fingerprint density at radius 2 is 1.79 bits per heavy atom. The van der Waals surface area contributed by atoms with E-state index in [9.17, 15) is 4.79 Å². The highest BCUT2D eigenvalue weighted by Gasteiger charge is 2.24. The molecule has 1 aliphatic carbocycles. The Morgan fingerprint density at radius 1 is 1.08 bits per heavy atom. The lowest BCUT2D eigenvalue weighted by atomic mass is 9.87. The minimum atomic E-state index is -0.420. The van der Waals surface area contributed by atoms with Crippen molar-refractivity contribution in [3.05, 3.63) is 40.5 Å². The van der Waals surface area contributed by atoms with Crippen LogP contribution in [-0.4, -0.2) is 29.7 Å². The molecule has 0 unspecified atom stereocenters. The molecule has 2 aliphatic rings. The van der Waals surface area contributed by atoms with Gasteiger partial charge < -0.3 is 9.64 Å². The van der Waals surface area contributed by atoms with Gasteiger partial charge in [0.15, 0.2) is 0 Å². The van der Waals surface area contributed by atoms with Gasteiger partial charge in [-0.1, -0.05) is 29.8 Å². The number of likely N-dealkylation sites (tertiary alicyclic amines) is 1. The van der Waals surface area contributed by atoms with Crippen molar-refractivity contribution in [1.29, 1.82) is 0 Å². The van der Waals surface area contributed by atoms with Gasteiger partial charge in [0.1, 0.15) is 5.60 Å². The summed E-state index contributed by atoms with van der Waals surface area (Å²) in [6, 6.07) is 6.71. The lowest BCUT2D eigenvalue weighted by molar-refractivity contribution is 0.0237. The monoisotopic (exact) mass is 327 g/mol. The van der Waals surface area contributed by atoms with Crippen LogP contribution >= 0.6 is 0 Å². The fourth-order valence-corrected chi connectivity index (χ4v) is 3.61. The third kappa shape index (κ3) is 4.19. The third-order valence-electron chi connectivity index (χ3n) is 4.85. The average molecular weight is 327 g/mol. The predicted molar refractivity (Wildman–Crippen MR) is 98.1 cm³/mol. The van der Waals surface area contributed by atoms with E-state index in [-0.39, 0.29) is 6.09 Å². The van der Waals surface area contributed by atoms with Crippen LogP contribution in [0, 0.1) is 0 Å². The van der Waals surface area contributed by atoms with Crippen LogP contribution in [0.5, 0.6) is 0 Å². The van der Waals surface area contributed by atoms with Crippen molar-refractivity contribution >= 4 is 12.2 Å². The van der Waals surface area contributed by atoms with Crippen molar-refractivity contribution in [3.8, 4) is 0 Å². The Morgan fingerprint density at radius 3 is 2.50 bits per heavy atom. The number of piperidine rings is 1. The first-order valence-electron chi connectivity index (χ1n) is 9.20. The number of aryl methyl sites for hydroxylation is 1. The SMILES string of the molecule is CC(C)(C)OC(=O)N1CCC(=Cc2cccc3c2CCCC3)CC1. The van der Waals surface area contributed by atoms with Gasteiger partial charge in [-0.15, -0.1) is 0 Å². The molecule has 3 heteroatoms. The van der Waals surface area contributed by atoms with Gasteiger partial charge in [-0.2, -0.15) is 0 Å². The molecule has 0 atom stereocenters. The molecule has 0 radical (unpaired) electrons. The highest BCUT2D eigenvalue weighted by molar-refractivity contribution is 5.69. The van der Waals surface area contributed by atoms with E-state index < -0.39 is 5.60 Å². The van der Waals surface area contributed by atoms with E-state index >= 15 is 0 Å². The maximum absolute atomic E-state index is 12.2. The number of rotatable bonds is 1. The standard InChI is InChI=1S/C21H29NO2/c1-21(2,3)24-20(23)22-13-11-16(12-14-22)15-18-9-6-8-17-7-4-5-10-19(17)18/h6,8-9,15H,4-5,7,10-14H2,1-3H3. The summed E-state index contributed by atoms with van der Waals surface area (Å²) in [6.45, 7) is 7.27. The zero-order valence-corrected chi connectivity index (χ0v) is 15.2. The summed E-state index contributed by atoms with van der Waals surface area (Å²) < 4.78 is 5.47. The highest BCUT2D eigenvalue weighted by Crippen LogP contribution is 2.28. The number of ether oxygens (including phenoxy) is 1. The number of amides is 1. The first-order valence-corrected chi connectivity index (χ1v) is 9.20. The minimum absolute atomic E-state index is 0.182. The molecule has 1 aromatic rings. The molecule has 24 heavy (non-hydrogen) atoms. The number of fused-ring (bicyclic) bond motifs is 1. The lowest BCUT2D eigenvalue weighted by Gasteiger charge is -2.31. The zero-order chi connectivity index (χ0) is 17.2. The molecule has 1 aliphatic heterocycles. The summed E-state index contributed by atoms with van der Waals surface area (Å²) in [4.78, 5) is 14.0. The molecule has 3 rings (SSSR count). The zero-order valence-electron chi connectivity index (χ0n) is 15.2. The minimum Gasteiger partial charge on any atom is -0.444 e. The Kier molecular flexibility index (Phi) is 4.98. The van der Waals surface area contributed by atoms with Crippen LogP contribution in [0.4, 0.5) is 4.79 Å². The van der Waals surface area contributed by atoms with Crippen LogP contribution in [0.15, 0.2) is 23.8 Å². The van der Waals surface area contributed by atoms with E-state index in [1.165, 1.54) is 42.4 Å². The molecule has 3 nitrogen and oxygen atoms in total. The molecule has 1 heterocycles. The molecule has 0 spiro atoms. The van der Waals surface area contributed by atoms with Gasteiger partial charge in [0.25, 0.3) is 0 Å². The molecule has 130 valence electrons. The molecule has 0 saturated carbocycles. The van der Waals surface area contributed by atoms with Gasteiger partial charge in [0, 0.05) is 13.1 Å². The van der Waals surface area contributed by atoms with Crippen LogP contribution in [0.2, 0.25) is 0 Å². The summed E-state index contributed by atoms with van der Waals surface area (Å²) >= 11 is 0. The van der Waals surface area contributed by atoms with Gasteiger partial charge in [-0.25, -0.2) is 4.79 Å². The second-order valence-corrected chi connectivity index (χ2v) is 7.96. The van der Waals surface area contributed by atoms with Crippen LogP contribution in [0.25, 0.3) is 6.08 Å². The number of carbonyl (C=O) groups is 1. The molecule has 1 saturated heterocycles. The van der Waals surface area contributed by atoms with Crippen molar-refractivity contribution in [2.45, 2.75) is 64.9 Å². The average Bonchev–Trinajstić information content (AvgIpc) is 2.54. The van der Waals surface area contributed by atoms with Gasteiger partial charge in [0.2, 0.25) is 0 Å². The van der Waals surface area contributed by atoms with Crippen molar-refractivity contribution in [3.63, 3.8) is 0 Å². The van der Waals surface area contributed by atoms with Crippen molar-refractivity contribution in [1.82, 2.24) is 4.90 Å². The Hall–Kier alpha value is -1.77. The Balaban J connectivity index is 1.65. The normalized spacial score (nSPS) is 18.1. The molecule has 1 amide bonds. The maximum atomic E-state index is 12.2. The summed E-state index contributed by atoms with van der Waals surface area (Å²) in [5, 5.41) is 0. The summed E-state index contributed by atoms with van der Waals surface area (Å²) in [5.74, 6) is 0. The molecular formula is C21H29NO2. The predicted octanol–water partition coefficient (Wildman–Crippen LogP) is 4.98. The fraction of sp³-hybridized carbons (Fsp3) is 0.571. The van der Waals surface area contributed by atoms with E-state index in [1.54, 1.807) is 5.56 Å². The summed E-state index contributed by atoms with van der Waals surface area (Å²) in [7, 11) is 0. The Bertz CT molecular complexity index is 630. The van der Waals surface area contributed by atoms with E-state index in [0.717, 1.165) is 25.9 Å². The van der Waals surface area contributed by atoms with Gasteiger partial charge in [0.05, 0.1) is 0 Å². The summed E-state index contributed by atoms with van der Waals surface area (Å²) in [6.07, 6.45) is 9.14. The fourth-order valence-electron chi connectivity index (χ4n) is 3.61. The van der Waals surface area contributed by atoms with E-state index in [2.05, 4.69) is 24.3 Å². The number of benzene rings is 1. The van der Waals surface area contributed by atoms with Crippen LogP contribution in [0.1, 0.15) is 63.1 Å². The quantitative estimate of drug-likeness (QED) is 0.728. The first-order chi connectivity index (χ1) is 11.4. The number of carbonyl (C=O) groups excluding carboxylic acids is 1. The molecule has 0 N–H and O–H groups in total. The van der Waals surface area contributed by atoms with Gasteiger partial charge in [-0.3, -0.25) is 0 Å². The molecule has 0 bridgehead atoms. The van der Waals surface area contributed by atoms with Crippen LogP contribution < -0.4 is 0 Å². The lowest BCUT2D eigenvalue weighted by Crippen LogP contribution is -2.40. The maximum Gasteiger partial charge on any atom is 0.410 e. The van der Waals surface area contributed by atoms with Crippen LogP contribution in [-0.2, 0) is 17.6 Å². The highest BCUT2D eigenvalue weighted by atomic mass is 16.6. The first kappa shape index (κ1) is 17.1.